The van der Waals surface area contributed by atoms with Gasteiger partial charge in [-0.15, -0.1) is 6.42 Å². The molecule has 0 unspecified atom stereocenters. The first-order valence-corrected chi connectivity index (χ1v) is 15.7. The molecule has 45 heavy (non-hydrogen) atoms. The number of terminal acetylenes is 1. The van der Waals surface area contributed by atoms with E-state index in [2.05, 4.69) is 31.0 Å². The van der Waals surface area contributed by atoms with Crippen LogP contribution in [0.1, 0.15) is 37.7 Å². The first-order chi connectivity index (χ1) is 21.9. The first-order valence-electron chi connectivity index (χ1n) is 15.7. The van der Waals surface area contributed by atoms with E-state index >= 15 is 4.39 Å². The quantitative estimate of drug-likeness (QED) is 0.304. The Hall–Kier alpha value is -4.14. The van der Waals surface area contributed by atoms with Gasteiger partial charge in [-0.05, 0) is 50.2 Å². The third kappa shape index (κ3) is 4.73. The van der Waals surface area contributed by atoms with E-state index in [0.29, 0.717) is 60.2 Å². The summed E-state index contributed by atoms with van der Waals surface area (Å²) in [6, 6.07) is 8.39. The highest BCUT2D eigenvalue weighted by atomic mass is 19.1. The van der Waals surface area contributed by atoms with Gasteiger partial charge in [0.1, 0.15) is 47.6 Å². The number of fused-ring (bicyclic) bond motifs is 2. The Morgan fingerprint density at radius 3 is 2.87 bits per heavy atom. The Balaban J connectivity index is 1.29. The van der Waals surface area contributed by atoms with Crippen molar-refractivity contribution in [2.45, 2.75) is 49.9 Å². The summed E-state index contributed by atoms with van der Waals surface area (Å²) in [5.41, 5.74) is -0.120. The monoisotopic (exact) mass is 614 g/mol. The third-order valence-electron chi connectivity index (χ3n) is 9.84. The van der Waals surface area contributed by atoms with Crippen molar-refractivity contribution in [2.75, 3.05) is 50.8 Å². The molecule has 6 heterocycles. The molecule has 3 atom stereocenters. The summed E-state index contributed by atoms with van der Waals surface area (Å²) in [5.74, 6) is 1.82. The van der Waals surface area contributed by atoms with E-state index in [0.717, 1.165) is 38.8 Å². The number of halogens is 3. The maximum atomic E-state index is 16.9. The number of hydrogen-bond donors (Lipinski definition) is 1. The predicted molar refractivity (Wildman–Crippen MR) is 165 cm³/mol. The first kappa shape index (κ1) is 28.3. The van der Waals surface area contributed by atoms with E-state index in [1.54, 1.807) is 24.3 Å². The van der Waals surface area contributed by atoms with Crippen molar-refractivity contribution in [2.24, 2.45) is 0 Å². The largest absolute Gasteiger partial charge is 0.475 e. The second-order valence-electron chi connectivity index (χ2n) is 12.6. The molecule has 0 spiro atoms. The zero-order valence-electron chi connectivity index (χ0n) is 24.8. The second kappa shape index (κ2) is 11.0. The van der Waals surface area contributed by atoms with Crippen molar-refractivity contribution in [1.82, 2.24) is 25.2 Å². The summed E-state index contributed by atoms with van der Waals surface area (Å²) in [5, 5.41) is 4.92. The van der Waals surface area contributed by atoms with Crippen LogP contribution in [-0.2, 0) is 0 Å². The molecule has 3 fully saturated rings. The van der Waals surface area contributed by atoms with Crippen molar-refractivity contribution in [3.05, 3.63) is 47.5 Å². The lowest BCUT2D eigenvalue weighted by molar-refractivity contribution is 0.107. The Morgan fingerprint density at radius 1 is 1.11 bits per heavy atom. The molecule has 0 saturated carbocycles. The van der Waals surface area contributed by atoms with Gasteiger partial charge in [0.2, 0.25) is 5.88 Å². The number of aromatic nitrogens is 3. The number of nitrogens with zero attached hydrogens (tertiary/aromatic N) is 5. The fraction of sp³-hybridized carbons (Fsp3) is 0.441. The van der Waals surface area contributed by atoms with Gasteiger partial charge in [0.25, 0.3) is 0 Å². The standard InChI is InChI=1S/C34H33F3N6O2/c1-2-23-25(36)10-9-20-6-3-8-24(26(20)23)29-28(37)30-27-31(42(14-15-44-32(27)39-29)18-22-7-4-12-38-22)41-33(40-30)45-19-34-11-5-13-43(34)17-21(35)16-34/h1,3,6,8-10,21-22,38H,4-5,7,11-19H2/t21-,22-,34+/m1/s1. The molecule has 2 aromatic carbocycles. The summed E-state index contributed by atoms with van der Waals surface area (Å²) in [6.07, 6.45) is 9.10. The normalized spacial score (nSPS) is 24.5. The van der Waals surface area contributed by atoms with Gasteiger partial charge in [-0.25, -0.2) is 18.2 Å². The Morgan fingerprint density at radius 2 is 2.02 bits per heavy atom. The Kier molecular flexibility index (Phi) is 6.95. The molecule has 4 aromatic rings. The lowest BCUT2D eigenvalue weighted by Gasteiger charge is -2.31. The smallest absolute Gasteiger partial charge is 0.319 e. The average Bonchev–Trinajstić information content (AvgIpc) is 3.73. The molecule has 8 rings (SSSR count). The summed E-state index contributed by atoms with van der Waals surface area (Å²) >= 11 is 0. The number of ether oxygens (including phenoxy) is 2. The molecule has 8 nitrogen and oxygen atoms in total. The number of nitrogens with one attached hydrogen (secondary N) is 1. The van der Waals surface area contributed by atoms with Gasteiger partial charge in [-0.3, -0.25) is 4.90 Å². The summed E-state index contributed by atoms with van der Waals surface area (Å²) in [6.45, 7) is 3.81. The minimum Gasteiger partial charge on any atom is -0.475 e. The topological polar surface area (TPSA) is 75.6 Å². The number of rotatable bonds is 6. The molecule has 1 N–H and O–H groups in total. The van der Waals surface area contributed by atoms with E-state index in [4.69, 9.17) is 20.9 Å². The Bertz CT molecular complexity index is 1860. The maximum Gasteiger partial charge on any atom is 0.319 e. The van der Waals surface area contributed by atoms with Crippen LogP contribution < -0.4 is 19.7 Å². The van der Waals surface area contributed by atoms with Crippen LogP contribution in [0.4, 0.5) is 19.0 Å². The van der Waals surface area contributed by atoms with Gasteiger partial charge in [-0.1, -0.05) is 30.2 Å². The fourth-order valence-electron chi connectivity index (χ4n) is 7.73. The molecule has 4 aliphatic rings. The van der Waals surface area contributed by atoms with Crippen LogP contribution in [0.15, 0.2) is 30.3 Å². The minimum absolute atomic E-state index is 0.00693. The lowest BCUT2D eigenvalue weighted by Crippen LogP contribution is -2.43. The minimum atomic E-state index is -0.908. The van der Waals surface area contributed by atoms with Crippen molar-refractivity contribution in [1.29, 1.82) is 0 Å². The van der Waals surface area contributed by atoms with E-state index in [1.165, 1.54) is 6.07 Å². The van der Waals surface area contributed by atoms with Crippen molar-refractivity contribution in [3.63, 3.8) is 0 Å². The fourth-order valence-corrected chi connectivity index (χ4v) is 7.73. The third-order valence-corrected chi connectivity index (χ3v) is 9.84. The zero-order chi connectivity index (χ0) is 30.7. The molecule has 0 aliphatic carbocycles. The van der Waals surface area contributed by atoms with E-state index in [1.807, 2.05) is 0 Å². The number of alkyl halides is 1. The van der Waals surface area contributed by atoms with Crippen LogP contribution in [0.25, 0.3) is 32.9 Å². The summed E-state index contributed by atoms with van der Waals surface area (Å²) in [7, 11) is 0. The van der Waals surface area contributed by atoms with Gasteiger partial charge in [0.05, 0.1) is 17.6 Å². The zero-order valence-corrected chi connectivity index (χ0v) is 24.8. The van der Waals surface area contributed by atoms with E-state index < -0.39 is 23.3 Å². The Labute approximate surface area is 258 Å². The van der Waals surface area contributed by atoms with Crippen molar-refractivity contribution < 1.29 is 22.6 Å². The van der Waals surface area contributed by atoms with E-state index in [9.17, 15) is 8.78 Å². The molecular weight excluding hydrogens is 581 g/mol. The molecule has 2 aromatic heterocycles. The second-order valence-corrected chi connectivity index (χ2v) is 12.6. The number of benzene rings is 2. The van der Waals surface area contributed by atoms with Crippen molar-refractivity contribution in [3.8, 4) is 35.5 Å². The molecule has 11 heteroatoms. The van der Waals surface area contributed by atoms with Crippen LogP contribution in [0.5, 0.6) is 11.9 Å². The van der Waals surface area contributed by atoms with Crippen molar-refractivity contribution >= 4 is 27.5 Å². The van der Waals surface area contributed by atoms with Gasteiger partial charge >= 0.3 is 6.01 Å². The van der Waals surface area contributed by atoms with Crippen LogP contribution in [-0.4, -0.2) is 83.5 Å². The highest BCUT2D eigenvalue weighted by Gasteiger charge is 2.49. The number of hydrogen-bond acceptors (Lipinski definition) is 8. The summed E-state index contributed by atoms with van der Waals surface area (Å²) < 4.78 is 58.7. The predicted octanol–water partition coefficient (Wildman–Crippen LogP) is 5.01. The highest BCUT2D eigenvalue weighted by Crippen LogP contribution is 2.43. The van der Waals surface area contributed by atoms with Gasteiger partial charge in [0, 0.05) is 36.5 Å². The highest BCUT2D eigenvalue weighted by molar-refractivity contribution is 6.03. The molecule has 0 bridgehead atoms. The molecular formula is C34H33F3N6O2. The summed E-state index contributed by atoms with van der Waals surface area (Å²) in [4.78, 5) is 18.3. The molecule has 0 radical (unpaired) electrons. The molecule has 0 amide bonds. The SMILES string of the molecule is C#Cc1c(F)ccc2cccc(-c3nc4c5c(nc(OC[C@@]67CCCN6C[C@H](F)C7)nc5c3F)N(C[C@H]3CCCN3)CCO4)c12. The van der Waals surface area contributed by atoms with Crippen LogP contribution in [0.3, 0.4) is 0 Å². The van der Waals surface area contributed by atoms with Crippen LogP contribution in [0, 0.1) is 24.0 Å². The van der Waals surface area contributed by atoms with Gasteiger partial charge in [0.15, 0.2) is 5.82 Å². The molecule has 232 valence electrons. The van der Waals surface area contributed by atoms with Crippen LogP contribution >= 0.6 is 0 Å². The maximum absolute atomic E-state index is 16.9. The number of pyridine rings is 1. The van der Waals surface area contributed by atoms with Gasteiger partial charge < -0.3 is 19.7 Å². The molecule has 3 saturated heterocycles. The van der Waals surface area contributed by atoms with E-state index in [-0.39, 0.29) is 41.3 Å². The molecule has 4 aliphatic heterocycles. The van der Waals surface area contributed by atoms with Gasteiger partial charge in [-0.2, -0.15) is 9.97 Å². The average molecular weight is 615 g/mol. The lowest BCUT2D eigenvalue weighted by atomic mass is 9.95. The number of anilines is 1. The van der Waals surface area contributed by atoms with Crippen LogP contribution in [0.2, 0.25) is 0 Å².